The molecule has 108 valence electrons. The topological polar surface area (TPSA) is 78.7 Å². The molecule has 0 fully saturated rings. The number of hydrogen-bond donors (Lipinski definition) is 1. The summed E-state index contributed by atoms with van der Waals surface area (Å²) in [5, 5.41) is 8.67. The molecule has 1 N–H and O–H groups in total. The molecule has 0 aliphatic heterocycles. The van der Waals surface area contributed by atoms with Crippen molar-refractivity contribution in [3.8, 4) is 11.8 Å². The second-order valence-electron chi connectivity index (χ2n) is 3.95. The van der Waals surface area contributed by atoms with Crippen LogP contribution < -0.4 is 11.2 Å². The molecule has 2 rings (SSSR count). The molecule has 1 heterocycles. The summed E-state index contributed by atoms with van der Waals surface area (Å²) in [6.45, 7) is 0. The zero-order valence-electron chi connectivity index (χ0n) is 10.0. The summed E-state index contributed by atoms with van der Waals surface area (Å²) >= 11 is 0. The standard InChI is InChI=1S/C12H5F4N3O2/c13-8-3-7(12(14,15)16)1-2-9(8)19-5-6(4-17)10(20)18-11(19)21/h1-3,5H,(H,18,20,21). The van der Waals surface area contributed by atoms with Crippen LogP contribution in [0.2, 0.25) is 0 Å². The molecule has 21 heavy (non-hydrogen) atoms. The Morgan fingerprint density at radius 3 is 2.43 bits per heavy atom. The Bertz CT molecular complexity index is 859. The van der Waals surface area contributed by atoms with Crippen LogP contribution in [-0.4, -0.2) is 9.55 Å². The summed E-state index contributed by atoms with van der Waals surface area (Å²) in [7, 11) is 0. The molecule has 1 aromatic heterocycles. The summed E-state index contributed by atoms with van der Waals surface area (Å²) in [6, 6.07) is 3.02. The second kappa shape index (κ2) is 4.90. The average Bonchev–Trinajstić information content (AvgIpc) is 2.38. The third-order valence-corrected chi connectivity index (χ3v) is 2.60. The van der Waals surface area contributed by atoms with E-state index in [4.69, 9.17) is 5.26 Å². The molecule has 0 saturated heterocycles. The van der Waals surface area contributed by atoms with E-state index in [-0.39, 0.29) is 6.07 Å². The number of alkyl halides is 3. The van der Waals surface area contributed by atoms with Crippen molar-refractivity contribution >= 4 is 0 Å². The van der Waals surface area contributed by atoms with Gasteiger partial charge < -0.3 is 0 Å². The largest absolute Gasteiger partial charge is 0.416 e. The third-order valence-electron chi connectivity index (χ3n) is 2.60. The van der Waals surface area contributed by atoms with Gasteiger partial charge in [0.05, 0.1) is 11.3 Å². The fraction of sp³-hybridized carbons (Fsp3) is 0.0833. The molecule has 1 aromatic carbocycles. The maximum absolute atomic E-state index is 13.7. The molecule has 0 saturated carbocycles. The van der Waals surface area contributed by atoms with Crippen molar-refractivity contribution in [3.05, 3.63) is 62.2 Å². The maximum atomic E-state index is 13.7. The van der Waals surface area contributed by atoms with Crippen LogP contribution in [0.3, 0.4) is 0 Å². The number of nitriles is 1. The molecule has 0 unspecified atom stereocenters. The summed E-state index contributed by atoms with van der Waals surface area (Å²) < 4.78 is 51.6. The van der Waals surface area contributed by atoms with Gasteiger partial charge in [-0.25, -0.2) is 9.18 Å². The lowest BCUT2D eigenvalue weighted by Crippen LogP contribution is -2.30. The number of aromatic amines is 1. The van der Waals surface area contributed by atoms with Crippen LogP contribution in [0.25, 0.3) is 5.69 Å². The predicted octanol–water partition coefficient (Wildman–Crippen LogP) is 1.56. The van der Waals surface area contributed by atoms with Gasteiger partial charge in [0.1, 0.15) is 17.4 Å². The van der Waals surface area contributed by atoms with Gasteiger partial charge in [-0.3, -0.25) is 14.3 Å². The van der Waals surface area contributed by atoms with Crippen LogP contribution in [-0.2, 0) is 6.18 Å². The first-order valence-electron chi connectivity index (χ1n) is 5.37. The first kappa shape index (κ1) is 14.5. The quantitative estimate of drug-likeness (QED) is 0.812. The predicted molar refractivity (Wildman–Crippen MR) is 62.3 cm³/mol. The van der Waals surface area contributed by atoms with E-state index in [1.165, 1.54) is 6.07 Å². The van der Waals surface area contributed by atoms with Crippen LogP contribution >= 0.6 is 0 Å². The molecular weight excluding hydrogens is 294 g/mol. The first-order valence-corrected chi connectivity index (χ1v) is 5.37. The number of rotatable bonds is 1. The Balaban J connectivity index is 2.67. The molecule has 5 nitrogen and oxygen atoms in total. The molecule has 0 atom stereocenters. The van der Waals surface area contributed by atoms with Gasteiger partial charge in [-0.2, -0.15) is 18.4 Å². The molecule has 0 spiro atoms. The summed E-state index contributed by atoms with van der Waals surface area (Å²) in [5.41, 5.74) is -4.25. The number of nitrogens with one attached hydrogen (secondary N) is 1. The lowest BCUT2D eigenvalue weighted by molar-refractivity contribution is -0.137. The third kappa shape index (κ3) is 2.69. The molecule has 0 radical (unpaired) electrons. The monoisotopic (exact) mass is 299 g/mol. The van der Waals surface area contributed by atoms with Crippen molar-refractivity contribution in [1.82, 2.24) is 9.55 Å². The molecule has 0 aliphatic carbocycles. The normalized spacial score (nSPS) is 11.2. The van der Waals surface area contributed by atoms with Gasteiger partial charge >= 0.3 is 11.9 Å². The Morgan fingerprint density at radius 2 is 1.90 bits per heavy atom. The molecule has 0 aliphatic rings. The fourth-order valence-electron chi connectivity index (χ4n) is 1.61. The Hall–Kier alpha value is -2.89. The molecule has 0 bridgehead atoms. The van der Waals surface area contributed by atoms with Crippen LogP contribution in [0.1, 0.15) is 11.1 Å². The molecule has 0 amide bonds. The lowest BCUT2D eigenvalue weighted by Gasteiger charge is -2.10. The van der Waals surface area contributed by atoms with Crippen molar-refractivity contribution in [2.45, 2.75) is 6.18 Å². The van der Waals surface area contributed by atoms with Gasteiger partial charge in [0.2, 0.25) is 0 Å². The van der Waals surface area contributed by atoms with Crippen LogP contribution in [0.5, 0.6) is 0 Å². The number of H-pyrrole nitrogens is 1. The van der Waals surface area contributed by atoms with Crippen molar-refractivity contribution < 1.29 is 17.6 Å². The summed E-state index contributed by atoms with van der Waals surface area (Å²) in [6.07, 6.45) is -3.97. The summed E-state index contributed by atoms with van der Waals surface area (Å²) in [4.78, 5) is 24.5. The van der Waals surface area contributed by atoms with E-state index in [1.54, 1.807) is 4.98 Å². The van der Waals surface area contributed by atoms with E-state index in [0.29, 0.717) is 10.6 Å². The highest BCUT2D eigenvalue weighted by atomic mass is 19.4. The van der Waals surface area contributed by atoms with E-state index in [2.05, 4.69) is 0 Å². The zero-order chi connectivity index (χ0) is 15.8. The highest BCUT2D eigenvalue weighted by Gasteiger charge is 2.31. The van der Waals surface area contributed by atoms with E-state index in [9.17, 15) is 27.2 Å². The van der Waals surface area contributed by atoms with E-state index in [1.807, 2.05) is 0 Å². The first-order chi connectivity index (χ1) is 9.74. The van der Waals surface area contributed by atoms with Gasteiger partial charge in [-0.1, -0.05) is 0 Å². The van der Waals surface area contributed by atoms with Crippen molar-refractivity contribution in [2.75, 3.05) is 0 Å². The second-order valence-corrected chi connectivity index (χ2v) is 3.95. The highest BCUT2D eigenvalue weighted by Crippen LogP contribution is 2.30. The zero-order valence-corrected chi connectivity index (χ0v) is 10.0. The van der Waals surface area contributed by atoms with Gasteiger partial charge in [0, 0.05) is 6.20 Å². The van der Waals surface area contributed by atoms with E-state index < -0.39 is 40.1 Å². The van der Waals surface area contributed by atoms with Crippen LogP contribution in [0, 0.1) is 17.1 Å². The SMILES string of the molecule is N#Cc1cn(-c2ccc(C(F)(F)F)cc2F)c(=O)[nH]c1=O. The summed E-state index contributed by atoms with van der Waals surface area (Å²) in [5.74, 6) is -1.32. The molecular formula is C12H5F4N3O2. The van der Waals surface area contributed by atoms with Gasteiger partial charge in [-0.05, 0) is 18.2 Å². The number of hydrogen-bond acceptors (Lipinski definition) is 3. The number of nitrogens with zero attached hydrogens (tertiary/aromatic N) is 2. The van der Waals surface area contributed by atoms with E-state index in [0.717, 1.165) is 12.3 Å². The average molecular weight is 299 g/mol. The molecule has 9 heteroatoms. The maximum Gasteiger partial charge on any atom is 0.416 e. The number of benzene rings is 1. The number of halogens is 4. The Labute approximate surface area is 113 Å². The number of aromatic nitrogens is 2. The minimum absolute atomic E-state index is 0.221. The molecule has 2 aromatic rings. The highest BCUT2D eigenvalue weighted by molar-refractivity contribution is 5.38. The van der Waals surface area contributed by atoms with Crippen molar-refractivity contribution in [2.24, 2.45) is 0 Å². The lowest BCUT2D eigenvalue weighted by atomic mass is 10.2. The smallest absolute Gasteiger partial charge is 0.273 e. The van der Waals surface area contributed by atoms with Crippen LogP contribution in [0.15, 0.2) is 34.0 Å². The van der Waals surface area contributed by atoms with Gasteiger partial charge in [0.25, 0.3) is 5.56 Å². The minimum Gasteiger partial charge on any atom is -0.273 e. The van der Waals surface area contributed by atoms with E-state index >= 15 is 0 Å². The Kier molecular flexibility index (Phi) is 3.39. The minimum atomic E-state index is -4.73. The van der Waals surface area contributed by atoms with Gasteiger partial charge in [0.15, 0.2) is 0 Å². The van der Waals surface area contributed by atoms with Crippen LogP contribution in [0.4, 0.5) is 17.6 Å². The Morgan fingerprint density at radius 1 is 1.24 bits per heavy atom. The van der Waals surface area contributed by atoms with Crippen molar-refractivity contribution in [3.63, 3.8) is 0 Å². The van der Waals surface area contributed by atoms with Crippen molar-refractivity contribution in [1.29, 1.82) is 5.26 Å². The van der Waals surface area contributed by atoms with Gasteiger partial charge in [-0.15, -0.1) is 0 Å². The fourth-order valence-corrected chi connectivity index (χ4v) is 1.61.